The molecule has 2 aromatic carbocycles. The molecule has 4 heterocycles. The number of nitrogens with zero attached hydrogens (tertiary/aromatic N) is 4. The first-order valence-corrected chi connectivity index (χ1v) is 16.8. The van der Waals surface area contributed by atoms with Crippen molar-refractivity contribution < 1.29 is 18.0 Å². The number of fused-ring (bicyclic) bond motifs is 4. The number of benzene rings is 2. The second-order valence-corrected chi connectivity index (χ2v) is 12.6. The van der Waals surface area contributed by atoms with E-state index in [9.17, 15) is 28.4 Å². The maximum atomic E-state index is 14.3. The van der Waals surface area contributed by atoms with Crippen molar-refractivity contribution in [1.29, 1.82) is 0 Å². The molecule has 1 aliphatic rings. The van der Waals surface area contributed by atoms with Crippen LogP contribution in [0.3, 0.4) is 0 Å². The van der Waals surface area contributed by atoms with Gasteiger partial charge in [-0.15, -0.1) is 0 Å². The molecule has 252 valence electrons. The number of hydrogen-bond donors (Lipinski definition) is 0. The Morgan fingerprint density at radius 3 is 2.27 bits per heavy atom. The lowest BCUT2D eigenvalue weighted by Gasteiger charge is -2.31. The van der Waals surface area contributed by atoms with Crippen LogP contribution in [0.25, 0.3) is 32.8 Å². The van der Waals surface area contributed by atoms with Gasteiger partial charge in [0.2, 0.25) is 5.91 Å². The zero-order valence-corrected chi connectivity index (χ0v) is 27.0. The van der Waals surface area contributed by atoms with Crippen LogP contribution in [0.2, 0.25) is 0 Å². The molecule has 0 spiro atoms. The van der Waals surface area contributed by atoms with E-state index in [1.165, 1.54) is 54.6 Å². The average Bonchev–Trinajstić information content (AvgIpc) is 3.56. The van der Waals surface area contributed by atoms with Crippen LogP contribution in [0.5, 0.6) is 0 Å². The smallest absolute Gasteiger partial charge is 0.336 e. The monoisotopic (exact) mass is 658 g/mol. The fraction of sp³-hybridized carbons (Fsp3) is 0.444. The maximum absolute atomic E-state index is 14.3. The van der Waals surface area contributed by atoms with Crippen LogP contribution < -0.4 is 22.4 Å². The number of piperidine rings is 1. The van der Waals surface area contributed by atoms with Crippen molar-refractivity contribution in [2.24, 2.45) is 0 Å². The van der Waals surface area contributed by atoms with E-state index >= 15 is 0 Å². The molecule has 0 radical (unpaired) electrons. The number of rotatable bonds is 12. The van der Waals surface area contributed by atoms with Gasteiger partial charge in [0.25, 0.3) is 11.1 Å². The molecule has 0 unspecified atom stereocenters. The van der Waals surface area contributed by atoms with Gasteiger partial charge in [-0.25, -0.2) is 14.0 Å². The molecule has 12 heteroatoms. The molecule has 1 saturated heterocycles. The predicted octanol–water partition coefficient (Wildman–Crippen LogP) is 5.57. The van der Waals surface area contributed by atoms with Crippen LogP contribution >= 0.6 is 0 Å². The summed E-state index contributed by atoms with van der Waals surface area (Å²) in [7, 11) is 0. The molecule has 1 aliphatic heterocycles. The summed E-state index contributed by atoms with van der Waals surface area (Å²) in [6.07, 6.45) is 9.53. The Kier molecular flexibility index (Phi) is 10.1. The molecular weight excluding hydrogens is 619 g/mol. The molecule has 0 atom stereocenters. The van der Waals surface area contributed by atoms with Crippen molar-refractivity contribution in [3.05, 3.63) is 95.5 Å². The van der Waals surface area contributed by atoms with E-state index in [0.29, 0.717) is 31.6 Å². The van der Waals surface area contributed by atoms with Crippen molar-refractivity contribution in [1.82, 2.24) is 19.2 Å². The third-order valence-corrected chi connectivity index (χ3v) is 9.34. The normalized spacial score (nSPS) is 14.4. The second kappa shape index (κ2) is 14.6. The Bertz CT molecular complexity index is 2210. The summed E-state index contributed by atoms with van der Waals surface area (Å²) in [6, 6.07) is 9.03. The molecular formula is C36H39FN4O7. The minimum Gasteiger partial charge on any atom is -0.419 e. The van der Waals surface area contributed by atoms with Gasteiger partial charge in [-0.2, -0.15) is 9.78 Å². The van der Waals surface area contributed by atoms with Crippen molar-refractivity contribution in [3.63, 3.8) is 0 Å². The van der Waals surface area contributed by atoms with Crippen LogP contribution in [0.1, 0.15) is 87.5 Å². The Hall–Kier alpha value is -4.71. The third-order valence-electron chi connectivity index (χ3n) is 9.34. The highest BCUT2D eigenvalue weighted by atomic mass is 19.1. The van der Waals surface area contributed by atoms with Crippen molar-refractivity contribution in [2.75, 3.05) is 19.6 Å². The largest absolute Gasteiger partial charge is 0.419 e. The standard InChI is InChI=1S/C36H39FN4O7/c1-2-3-4-5-6-7-8-9-29(42)41-27-22-24(37)10-11-25(27)33(38-41)23-16-18-39(19-17-23)20-21-40-35(45)26-12-13-28-34(32(26)36(40)46)48-31(44)15-14-30(43)47-28/h10-15,22-23H,2-9,16-21H2,1H3. The summed E-state index contributed by atoms with van der Waals surface area (Å²) in [6.45, 7) is 4.07. The van der Waals surface area contributed by atoms with Gasteiger partial charge in [-0.05, 0) is 56.6 Å². The highest BCUT2D eigenvalue weighted by Gasteiger charge is 2.27. The predicted molar refractivity (Wildman–Crippen MR) is 180 cm³/mol. The van der Waals surface area contributed by atoms with Crippen LogP contribution in [0.15, 0.2) is 70.5 Å². The molecule has 1 fully saturated rings. The molecule has 0 amide bonds. The van der Waals surface area contributed by atoms with E-state index in [2.05, 4.69) is 11.8 Å². The van der Waals surface area contributed by atoms with Crippen LogP contribution in [0, 0.1) is 5.82 Å². The number of carbonyl (C=O) groups excluding carboxylic acids is 1. The van der Waals surface area contributed by atoms with Gasteiger partial charge in [0.05, 0.1) is 22.0 Å². The summed E-state index contributed by atoms with van der Waals surface area (Å²) in [5, 5.41) is 5.50. The number of hydrogen-bond acceptors (Lipinski definition) is 9. The molecule has 6 rings (SSSR count). The number of carbonyl (C=O) groups is 1. The minimum absolute atomic E-state index is 0.0621. The van der Waals surface area contributed by atoms with Gasteiger partial charge in [0.1, 0.15) is 5.82 Å². The molecule has 0 bridgehead atoms. The number of likely N-dealkylation sites (tertiary alicyclic amines) is 1. The highest BCUT2D eigenvalue weighted by Crippen LogP contribution is 2.33. The van der Waals surface area contributed by atoms with E-state index in [4.69, 9.17) is 13.9 Å². The lowest BCUT2D eigenvalue weighted by Crippen LogP contribution is -2.38. The minimum atomic E-state index is -0.858. The van der Waals surface area contributed by atoms with Crippen molar-refractivity contribution in [3.8, 4) is 0 Å². The SMILES string of the molecule is CCCCCCCCCC(=O)n1nc(C2CCN(CCn3c(=O)c4ccc5oc(=O)ccc(=O)oc5c4c3=O)CC2)c2ccc(F)cc21. The van der Waals surface area contributed by atoms with Gasteiger partial charge in [-0.1, -0.05) is 45.4 Å². The molecule has 0 aliphatic carbocycles. The lowest BCUT2D eigenvalue weighted by molar-refractivity contribution is 0.0887. The first-order valence-electron chi connectivity index (χ1n) is 16.8. The first kappa shape index (κ1) is 33.2. The zero-order chi connectivity index (χ0) is 33.8. The van der Waals surface area contributed by atoms with E-state index in [1.807, 2.05) is 0 Å². The Morgan fingerprint density at radius 1 is 0.833 bits per heavy atom. The number of aromatic nitrogens is 3. The Labute approximate surface area is 274 Å². The molecule has 48 heavy (non-hydrogen) atoms. The number of halogens is 1. The van der Waals surface area contributed by atoms with Crippen molar-refractivity contribution >= 4 is 38.7 Å². The quantitative estimate of drug-likeness (QED) is 0.158. The molecule has 0 N–H and O–H groups in total. The van der Waals surface area contributed by atoms with Gasteiger partial charge in [-0.3, -0.25) is 19.0 Å². The van der Waals surface area contributed by atoms with Gasteiger partial charge >= 0.3 is 11.3 Å². The van der Waals surface area contributed by atoms with E-state index in [1.54, 1.807) is 6.07 Å². The fourth-order valence-electron chi connectivity index (χ4n) is 6.74. The summed E-state index contributed by atoms with van der Waals surface area (Å²) >= 11 is 0. The van der Waals surface area contributed by atoms with Crippen LogP contribution in [0.4, 0.5) is 4.39 Å². The average molecular weight is 659 g/mol. The Morgan fingerprint density at radius 2 is 1.52 bits per heavy atom. The van der Waals surface area contributed by atoms with Crippen molar-refractivity contribution in [2.45, 2.75) is 83.6 Å². The number of unbranched alkanes of at least 4 members (excludes halogenated alkanes) is 6. The lowest BCUT2D eigenvalue weighted by atomic mass is 9.91. The zero-order valence-electron chi connectivity index (χ0n) is 27.0. The van der Waals surface area contributed by atoms with Gasteiger partial charge in [0, 0.05) is 49.0 Å². The summed E-state index contributed by atoms with van der Waals surface area (Å²) in [5.41, 5.74) is -1.87. The van der Waals surface area contributed by atoms with Gasteiger partial charge < -0.3 is 13.7 Å². The third kappa shape index (κ3) is 6.94. The Balaban J connectivity index is 1.14. The fourth-order valence-corrected chi connectivity index (χ4v) is 6.74. The summed E-state index contributed by atoms with van der Waals surface area (Å²) < 4.78 is 27.2. The topological polar surface area (TPSA) is 138 Å². The maximum Gasteiger partial charge on any atom is 0.336 e. The van der Waals surface area contributed by atoms with E-state index < -0.39 is 28.2 Å². The van der Waals surface area contributed by atoms with Gasteiger partial charge in [0.15, 0.2) is 11.2 Å². The highest BCUT2D eigenvalue weighted by molar-refractivity contribution is 6.01. The van der Waals surface area contributed by atoms with E-state index in [0.717, 1.165) is 59.9 Å². The molecule has 3 aromatic heterocycles. The van der Waals surface area contributed by atoms with Crippen LogP contribution in [-0.4, -0.2) is 44.8 Å². The summed E-state index contributed by atoms with van der Waals surface area (Å²) in [4.78, 5) is 66.0. The molecule has 5 aromatic rings. The van der Waals surface area contributed by atoms with Crippen LogP contribution in [-0.2, 0) is 6.54 Å². The second-order valence-electron chi connectivity index (χ2n) is 12.6. The molecule has 11 nitrogen and oxygen atoms in total. The first-order chi connectivity index (χ1) is 23.2. The van der Waals surface area contributed by atoms with E-state index in [-0.39, 0.29) is 40.3 Å². The summed E-state index contributed by atoms with van der Waals surface area (Å²) in [5.74, 6) is -0.475. The molecule has 0 saturated carbocycles.